The Labute approximate surface area is 159 Å². The highest BCUT2D eigenvalue weighted by molar-refractivity contribution is 6.34. The number of amides is 2. The van der Waals surface area contributed by atoms with E-state index in [1.54, 1.807) is 4.90 Å². The van der Waals surface area contributed by atoms with Crippen LogP contribution in [-0.4, -0.2) is 16.7 Å². The first-order valence-corrected chi connectivity index (χ1v) is 8.91. The summed E-state index contributed by atoms with van der Waals surface area (Å²) in [5, 5.41) is 2.72. The predicted molar refractivity (Wildman–Crippen MR) is 105 cm³/mol. The minimum absolute atomic E-state index is 0.329. The standard InChI is InChI=1S/C23H22N2O2/c26-22(24-16-19-10-4-1-5-11-19)23(27)25(17-20-12-6-2-7-13-20)18-21-14-8-3-9-15-21/h1-15H,16-18H2,(H,24,26). The number of rotatable bonds is 6. The monoisotopic (exact) mass is 358 g/mol. The fourth-order valence-electron chi connectivity index (χ4n) is 2.80. The quantitative estimate of drug-likeness (QED) is 0.685. The van der Waals surface area contributed by atoms with Crippen molar-refractivity contribution >= 4 is 11.8 Å². The van der Waals surface area contributed by atoms with Gasteiger partial charge in [0.05, 0.1) is 0 Å². The Morgan fingerprint density at radius 2 is 1.04 bits per heavy atom. The summed E-state index contributed by atoms with van der Waals surface area (Å²) in [4.78, 5) is 26.8. The van der Waals surface area contributed by atoms with Gasteiger partial charge in [0.1, 0.15) is 0 Å². The van der Waals surface area contributed by atoms with Gasteiger partial charge < -0.3 is 10.2 Å². The molecule has 0 atom stereocenters. The van der Waals surface area contributed by atoms with E-state index in [4.69, 9.17) is 0 Å². The van der Waals surface area contributed by atoms with Gasteiger partial charge in [0, 0.05) is 19.6 Å². The highest BCUT2D eigenvalue weighted by Gasteiger charge is 2.22. The minimum Gasteiger partial charge on any atom is -0.344 e. The normalized spacial score (nSPS) is 10.2. The van der Waals surface area contributed by atoms with E-state index >= 15 is 0 Å². The number of benzene rings is 3. The van der Waals surface area contributed by atoms with E-state index in [2.05, 4.69) is 5.32 Å². The van der Waals surface area contributed by atoms with Crippen LogP contribution in [0.15, 0.2) is 91.0 Å². The van der Waals surface area contributed by atoms with Crippen LogP contribution in [-0.2, 0) is 29.2 Å². The van der Waals surface area contributed by atoms with Crippen LogP contribution in [0.4, 0.5) is 0 Å². The molecule has 4 nitrogen and oxygen atoms in total. The van der Waals surface area contributed by atoms with Crippen molar-refractivity contribution in [2.24, 2.45) is 0 Å². The van der Waals surface area contributed by atoms with E-state index in [-0.39, 0.29) is 0 Å². The Hall–Kier alpha value is -3.40. The maximum atomic E-state index is 12.8. The first-order valence-electron chi connectivity index (χ1n) is 8.91. The van der Waals surface area contributed by atoms with Crippen LogP contribution in [0.25, 0.3) is 0 Å². The first kappa shape index (κ1) is 18.4. The van der Waals surface area contributed by atoms with Gasteiger partial charge in [-0.2, -0.15) is 0 Å². The summed E-state index contributed by atoms with van der Waals surface area (Å²) in [7, 11) is 0. The Morgan fingerprint density at radius 3 is 1.48 bits per heavy atom. The van der Waals surface area contributed by atoms with Gasteiger partial charge in [-0.15, -0.1) is 0 Å². The van der Waals surface area contributed by atoms with E-state index in [1.165, 1.54) is 0 Å². The average Bonchev–Trinajstić information content (AvgIpc) is 2.73. The molecule has 1 N–H and O–H groups in total. The largest absolute Gasteiger partial charge is 0.344 e. The Kier molecular flexibility index (Phi) is 6.36. The third-order valence-electron chi connectivity index (χ3n) is 4.21. The zero-order valence-corrected chi connectivity index (χ0v) is 15.0. The third-order valence-corrected chi connectivity index (χ3v) is 4.21. The maximum absolute atomic E-state index is 12.8. The summed E-state index contributed by atoms with van der Waals surface area (Å²) in [6.45, 7) is 1.09. The van der Waals surface area contributed by atoms with Crippen LogP contribution in [0, 0.1) is 0 Å². The molecule has 3 rings (SSSR count). The van der Waals surface area contributed by atoms with Crippen LogP contribution in [0.5, 0.6) is 0 Å². The lowest BCUT2D eigenvalue weighted by molar-refractivity contribution is -0.146. The van der Waals surface area contributed by atoms with Gasteiger partial charge in [-0.25, -0.2) is 0 Å². The van der Waals surface area contributed by atoms with Gasteiger partial charge in [-0.3, -0.25) is 9.59 Å². The van der Waals surface area contributed by atoms with Gasteiger partial charge in [-0.1, -0.05) is 91.0 Å². The van der Waals surface area contributed by atoms with E-state index < -0.39 is 11.8 Å². The molecule has 0 radical (unpaired) electrons. The molecule has 0 fully saturated rings. The molecule has 0 bridgehead atoms. The summed E-state index contributed by atoms with van der Waals surface area (Å²) in [5.41, 5.74) is 2.92. The van der Waals surface area contributed by atoms with Crippen molar-refractivity contribution < 1.29 is 9.59 Å². The number of carbonyl (C=O) groups is 2. The summed E-state index contributed by atoms with van der Waals surface area (Å²) in [6.07, 6.45) is 0. The molecule has 0 saturated carbocycles. The minimum atomic E-state index is -0.592. The zero-order chi connectivity index (χ0) is 18.9. The van der Waals surface area contributed by atoms with E-state index in [0.29, 0.717) is 19.6 Å². The number of hydrogen-bond donors (Lipinski definition) is 1. The molecule has 0 heterocycles. The Bertz CT molecular complexity index is 823. The molecule has 0 spiro atoms. The molecule has 0 aliphatic rings. The smallest absolute Gasteiger partial charge is 0.312 e. The average molecular weight is 358 g/mol. The summed E-state index contributed by atoms with van der Waals surface area (Å²) >= 11 is 0. The lowest BCUT2D eigenvalue weighted by Crippen LogP contribution is -2.42. The molecule has 4 heteroatoms. The number of carbonyl (C=O) groups excluding carboxylic acids is 2. The molecular weight excluding hydrogens is 336 g/mol. The van der Waals surface area contributed by atoms with Crippen molar-refractivity contribution in [3.63, 3.8) is 0 Å². The lowest BCUT2D eigenvalue weighted by Gasteiger charge is -2.22. The van der Waals surface area contributed by atoms with Crippen molar-refractivity contribution in [1.29, 1.82) is 0 Å². The van der Waals surface area contributed by atoms with Crippen LogP contribution < -0.4 is 5.32 Å². The SMILES string of the molecule is O=C(NCc1ccccc1)C(=O)N(Cc1ccccc1)Cc1ccccc1. The topological polar surface area (TPSA) is 49.4 Å². The summed E-state index contributed by atoms with van der Waals surface area (Å²) in [5.74, 6) is -1.12. The van der Waals surface area contributed by atoms with Gasteiger partial charge in [0.15, 0.2) is 0 Å². The zero-order valence-electron chi connectivity index (χ0n) is 15.0. The predicted octanol–water partition coefficient (Wildman–Crippen LogP) is 3.53. The molecule has 0 aromatic heterocycles. The lowest BCUT2D eigenvalue weighted by atomic mass is 10.1. The van der Waals surface area contributed by atoms with E-state index in [0.717, 1.165) is 16.7 Å². The van der Waals surface area contributed by atoms with Crippen LogP contribution in [0.2, 0.25) is 0 Å². The second-order valence-corrected chi connectivity index (χ2v) is 6.30. The third kappa shape index (κ3) is 5.54. The van der Waals surface area contributed by atoms with E-state index in [1.807, 2.05) is 91.0 Å². The van der Waals surface area contributed by atoms with Gasteiger partial charge >= 0.3 is 11.8 Å². The van der Waals surface area contributed by atoms with Crippen LogP contribution in [0.3, 0.4) is 0 Å². The fraction of sp³-hybridized carbons (Fsp3) is 0.130. The number of nitrogens with zero attached hydrogens (tertiary/aromatic N) is 1. The summed E-state index contributed by atoms with van der Waals surface area (Å²) in [6, 6.07) is 28.9. The molecule has 3 aromatic rings. The van der Waals surface area contributed by atoms with Gasteiger partial charge in [-0.05, 0) is 16.7 Å². The van der Waals surface area contributed by atoms with Crippen molar-refractivity contribution in [3.8, 4) is 0 Å². The molecule has 0 unspecified atom stereocenters. The van der Waals surface area contributed by atoms with Gasteiger partial charge in [0.2, 0.25) is 0 Å². The molecule has 0 aliphatic heterocycles. The molecule has 27 heavy (non-hydrogen) atoms. The Balaban J connectivity index is 1.70. The molecule has 136 valence electrons. The van der Waals surface area contributed by atoms with Crippen molar-refractivity contribution in [3.05, 3.63) is 108 Å². The maximum Gasteiger partial charge on any atom is 0.312 e. The molecule has 0 aliphatic carbocycles. The number of hydrogen-bond acceptors (Lipinski definition) is 2. The summed E-state index contributed by atoms with van der Waals surface area (Å²) < 4.78 is 0. The number of nitrogens with one attached hydrogen (secondary N) is 1. The van der Waals surface area contributed by atoms with Gasteiger partial charge in [0.25, 0.3) is 0 Å². The second-order valence-electron chi connectivity index (χ2n) is 6.30. The first-order chi connectivity index (χ1) is 13.2. The molecule has 2 amide bonds. The van der Waals surface area contributed by atoms with Crippen molar-refractivity contribution in [2.45, 2.75) is 19.6 Å². The van der Waals surface area contributed by atoms with Crippen LogP contribution >= 0.6 is 0 Å². The van der Waals surface area contributed by atoms with Crippen LogP contribution in [0.1, 0.15) is 16.7 Å². The van der Waals surface area contributed by atoms with E-state index in [9.17, 15) is 9.59 Å². The van der Waals surface area contributed by atoms with Crippen molar-refractivity contribution in [1.82, 2.24) is 10.2 Å². The highest BCUT2D eigenvalue weighted by atomic mass is 16.2. The molecular formula is C23H22N2O2. The second kappa shape index (κ2) is 9.34. The highest BCUT2D eigenvalue weighted by Crippen LogP contribution is 2.11. The van der Waals surface area contributed by atoms with Crippen molar-refractivity contribution in [2.75, 3.05) is 0 Å². The molecule has 3 aromatic carbocycles. The Morgan fingerprint density at radius 1 is 0.630 bits per heavy atom. The fourth-order valence-corrected chi connectivity index (χ4v) is 2.80. The molecule has 0 saturated heterocycles.